The number of aryl methyl sites for hydroxylation is 3. The van der Waals surface area contributed by atoms with Gasteiger partial charge in [0.25, 0.3) is 0 Å². The van der Waals surface area contributed by atoms with Crippen molar-refractivity contribution in [2.45, 2.75) is 20.8 Å². The highest BCUT2D eigenvalue weighted by atomic mass is 16.5. The number of pyridine rings is 1. The molecule has 3 heteroatoms. The van der Waals surface area contributed by atoms with Crippen molar-refractivity contribution in [3.05, 3.63) is 77.0 Å². The van der Waals surface area contributed by atoms with Gasteiger partial charge in [0.2, 0.25) is 5.88 Å². The van der Waals surface area contributed by atoms with Crippen LogP contribution in [0.4, 0.5) is 0 Å². The van der Waals surface area contributed by atoms with Crippen LogP contribution >= 0.6 is 0 Å². The maximum absolute atomic E-state index is 9.50. The molecule has 24 heavy (non-hydrogen) atoms. The number of ether oxygens (including phenoxy) is 1. The molecule has 0 aliphatic rings. The van der Waals surface area contributed by atoms with Crippen molar-refractivity contribution in [2.24, 2.45) is 0 Å². The Morgan fingerprint density at radius 3 is 2.21 bits per heavy atom. The van der Waals surface area contributed by atoms with Crippen LogP contribution in [-0.2, 0) is 0 Å². The fraction of sp³-hybridized carbons (Fsp3) is 0.143. The molecule has 0 aliphatic carbocycles. The molecule has 0 radical (unpaired) electrons. The van der Waals surface area contributed by atoms with Crippen LogP contribution in [0.2, 0.25) is 0 Å². The predicted octanol–water partition coefficient (Wildman–Crippen LogP) is 5.34. The van der Waals surface area contributed by atoms with Crippen LogP contribution in [0.1, 0.15) is 22.4 Å². The minimum atomic E-state index is 0.347. The normalized spacial score (nSPS) is 10.2. The van der Waals surface area contributed by atoms with Crippen LogP contribution < -0.4 is 4.74 Å². The maximum Gasteiger partial charge on any atom is 0.237 e. The molecule has 1 heterocycles. The lowest BCUT2D eigenvalue weighted by molar-refractivity contribution is 0.459. The molecule has 0 saturated carbocycles. The third-order valence-electron chi connectivity index (χ3n) is 3.79. The Hall–Kier alpha value is -3.12. The second kappa shape index (κ2) is 6.55. The van der Waals surface area contributed by atoms with E-state index in [0.29, 0.717) is 17.2 Å². The fourth-order valence-electron chi connectivity index (χ4n) is 2.75. The molecule has 0 atom stereocenters. The molecule has 0 fully saturated rings. The Morgan fingerprint density at radius 1 is 0.917 bits per heavy atom. The zero-order chi connectivity index (χ0) is 17.1. The summed E-state index contributed by atoms with van der Waals surface area (Å²) in [6.07, 6.45) is 0. The summed E-state index contributed by atoms with van der Waals surface area (Å²) >= 11 is 0. The van der Waals surface area contributed by atoms with Crippen molar-refractivity contribution >= 4 is 0 Å². The Bertz CT molecular complexity index is 904. The summed E-state index contributed by atoms with van der Waals surface area (Å²) in [5.74, 6) is 1.04. The first-order valence-corrected chi connectivity index (χ1v) is 7.80. The molecule has 118 valence electrons. The van der Waals surface area contributed by atoms with Gasteiger partial charge in [0, 0.05) is 11.3 Å². The van der Waals surface area contributed by atoms with E-state index in [2.05, 4.69) is 17.1 Å². The standard InChI is InChI=1S/C21H18N2O/c1-14-9-15(2)11-19(10-14)24-21-18(13-22)12-20(16(3)23-21)17-7-5-4-6-8-17/h4-12H,1-3H3. The van der Waals surface area contributed by atoms with Gasteiger partial charge >= 0.3 is 0 Å². The van der Waals surface area contributed by atoms with Crippen LogP contribution in [-0.4, -0.2) is 4.98 Å². The Labute approximate surface area is 142 Å². The lowest BCUT2D eigenvalue weighted by Crippen LogP contribution is -1.97. The summed E-state index contributed by atoms with van der Waals surface area (Å²) < 4.78 is 5.90. The predicted molar refractivity (Wildman–Crippen MR) is 95.1 cm³/mol. The number of benzene rings is 2. The number of hydrogen-bond donors (Lipinski definition) is 0. The zero-order valence-electron chi connectivity index (χ0n) is 14.0. The molecular formula is C21H18N2O. The molecule has 3 aromatic rings. The van der Waals surface area contributed by atoms with Crippen LogP contribution in [0.15, 0.2) is 54.6 Å². The smallest absolute Gasteiger partial charge is 0.237 e. The topological polar surface area (TPSA) is 45.9 Å². The van der Waals surface area contributed by atoms with Gasteiger partial charge in [-0.2, -0.15) is 5.26 Å². The monoisotopic (exact) mass is 314 g/mol. The Kier molecular flexibility index (Phi) is 4.31. The number of rotatable bonds is 3. The van der Waals surface area contributed by atoms with Gasteiger partial charge < -0.3 is 4.74 Å². The molecule has 0 unspecified atom stereocenters. The van der Waals surface area contributed by atoms with Gasteiger partial charge in [0.05, 0.1) is 0 Å². The third-order valence-corrected chi connectivity index (χ3v) is 3.79. The molecule has 0 bridgehead atoms. The molecule has 3 rings (SSSR count). The second-order valence-electron chi connectivity index (χ2n) is 5.88. The average Bonchev–Trinajstić information content (AvgIpc) is 2.55. The van der Waals surface area contributed by atoms with Crippen LogP contribution in [0.5, 0.6) is 11.6 Å². The lowest BCUT2D eigenvalue weighted by Gasteiger charge is -2.12. The minimum absolute atomic E-state index is 0.347. The minimum Gasteiger partial charge on any atom is -0.438 e. The van der Waals surface area contributed by atoms with E-state index in [4.69, 9.17) is 4.74 Å². The average molecular weight is 314 g/mol. The molecule has 0 amide bonds. The molecule has 0 aliphatic heterocycles. The first-order chi connectivity index (χ1) is 11.6. The largest absolute Gasteiger partial charge is 0.438 e. The van der Waals surface area contributed by atoms with Gasteiger partial charge in [0.15, 0.2) is 0 Å². The van der Waals surface area contributed by atoms with Crippen molar-refractivity contribution in [3.63, 3.8) is 0 Å². The fourth-order valence-corrected chi connectivity index (χ4v) is 2.75. The van der Waals surface area contributed by atoms with Crippen LogP contribution in [0.3, 0.4) is 0 Å². The highest BCUT2D eigenvalue weighted by Gasteiger charge is 2.13. The molecule has 2 aromatic carbocycles. The van der Waals surface area contributed by atoms with Gasteiger partial charge in [-0.25, -0.2) is 4.98 Å². The number of nitrogens with zero attached hydrogens (tertiary/aromatic N) is 2. The first kappa shape index (κ1) is 15.8. The Morgan fingerprint density at radius 2 is 1.58 bits per heavy atom. The summed E-state index contributed by atoms with van der Waals surface area (Å²) in [5, 5.41) is 9.50. The van der Waals surface area contributed by atoms with Crippen LogP contribution in [0, 0.1) is 32.1 Å². The number of aromatic nitrogens is 1. The molecule has 3 nitrogen and oxygen atoms in total. The summed E-state index contributed by atoms with van der Waals surface area (Å²) in [6, 6.07) is 19.9. The van der Waals surface area contributed by atoms with Crippen LogP contribution in [0.25, 0.3) is 11.1 Å². The van der Waals surface area contributed by atoms with E-state index in [-0.39, 0.29) is 0 Å². The van der Waals surface area contributed by atoms with Crippen molar-refractivity contribution in [1.82, 2.24) is 4.98 Å². The molecule has 0 saturated heterocycles. The van der Waals surface area contributed by atoms with E-state index in [1.807, 2.05) is 69.3 Å². The number of hydrogen-bond acceptors (Lipinski definition) is 3. The first-order valence-electron chi connectivity index (χ1n) is 7.80. The van der Waals surface area contributed by atoms with E-state index in [1.54, 1.807) is 0 Å². The molecule has 0 N–H and O–H groups in total. The molecule has 1 aromatic heterocycles. The van der Waals surface area contributed by atoms with Gasteiger partial charge in [0.1, 0.15) is 17.4 Å². The zero-order valence-corrected chi connectivity index (χ0v) is 14.0. The van der Waals surface area contributed by atoms with Crippen molar-refractivity contribution in [3.8, 4) is 28.8 Å². The summed E-state index contributed by atoms with van der Waals surface area (Å²) in [6.45, 7) is 5.96. The number of nitriles is 1. The molecule has 0 spiro atoms. The van der Waals surface area contributed by atoms with Gasteiger partial charge in [-0.05, 0) is 55.7 Å². The third kappa shape index (κ3) is 3.28. The van der Waals surface area contributed by atoms with E-state index in [1.165, 1.54) is 0 Å². The highest BCUT2D eigenvalue weighted by molar-refractivity contribution is 5.68. The summed E-state index contributed by atoms with van der Waals surface area (Å²) in [4.78, 5) is 4.53. The highest BCUT2D eigenvalue weighted by Crippen LogP contribution is 2.30. The van der Waals surface area contributed by atoms with E-state index in [0.717, 1.165) is 27.9 Å². The van der Waals surface area contributed by atoms with Crippen molar-refractivity contribution in [1.29, 1.82) is 5.26 Å². The molecular weight excluding hydrogens is 296 g/mol. The SMILES string of the molecule is Cc1cc(C)cc(Oc2nc(C)c(-c3ccccc3)cc2C#N)c1. The van der Waals surface area contributed by atoms with Crippen molar-refractivity contribution < 1.29 is 4.74 Å². The summed E-state index contributed by atoms with van der Waals surface area (Å²) in [5.41, 5.74) is 5.47. The van der Waals surface area contributed by atoms with Gasteiger partial charge in [-0.15, -0.1) is 0 Å². The quantitative estimate of drug-likeness (QED) is 0.655. The summed E-state index contributed by atoms with van der Waals surface area (Å²) in [7, 11) is 0. The van der Waals surface area contributed by atoms with E-state index < -0.39 is 0 Å². The van der Waals surface area contributed by atoms with E-state index in [9.17, 15) is 5.26 Å². The van der Waals surface area contributed by atoms with E-state index >= 15 is 0 Å². The maximum atomic E-state index is 9.50. The Balaban J connectivity index is 2.03. The van der Waals surface area contributed by atoms with Gasteiger partial charge in [-0.1, -0.05) is 36.4 Å². The second-order valence-corrected chi connectivity index (χ2v) is 5.88. The lowest BCUT2D eigenvalue weighted by atomic mass is 10.0. The van der Waals surface area contributed by atoms with Gasteiger partial charge in [-0.3, -0.25) is 0 Å². The van der Waals surface area contributed by atoms with Crippen molar-refractivity contribution in [2.75, 3.05) is 0 Å².